The minimum absolute atomic E-state index is 0.134. The number of carbonyl (C=O) groups is 1. The molecule has 1 amide bonds. The Kier molecular flexibility index (Phi) is 2.61. The van der Waals surface area contributed by atoms with Crippen LogP contribution in [-0.4, -0.2) is 11.4 Å². The highest BCUT2D eigenvalue weighted by Crippen LogP contribution is 2.42. The van der Waals surface area contributed by atoms with Crippen molar-refractivity contribution in [2.24, 2.45) is 0 Å². The number of amides is 1. The van der Waals surface area contributed by atoms with Gasteiger partial charge in [0.2, 0.25) is 5.91 Å². The van der Waals surface area contributed by atoms with Crippen molar-refractivity contribution in [3.63, 3.8) is 0 Å². The maximum atomic E-state index is 11.6. The van der Waals surface area contributed by atoms with Gasteiger partial charge in [0, 0.05) is 21.8 Å². The lowest BCUT2D eigenvalue weighted by Gasteiger charge is -2.37. The maximum absolute atomic E-state index is 11.6. The lowest BCUT2D eigenvalue weighted by Crippen LogP contribution is -2.48. The van der Waals surface area contributed by atoms with Crippen LogP contribution in [0, 0.1) is 0 Å². The zero-order valence-corrected chi connectivity index (χ0v) is 11.4. The zero-order chi connectivity index (χ0) is 12.0. The van der Waals surface area contributed by atoms with Gasteiger partial charge in [-0.15, -0.1) is 0 Å². The molecule has 2 rings (SSSR count). The zero-order valence-electron chi connectivity index (χ0n) is 9.80. The summed E-state index contributed by atoms with van der Waals surface area (Å²) in [7, 11) is 0. The molecule has 86 valence electrons. The second-order valence-electron chi connectivity index (χ2n) is 5.19. The minimum atomic E-state index is -0.197. The van der Waals surface area contributed by atoms with Crippen LogP contribution in [0.5, 0.6) is 0 Å². The topological polar surface area (TPSA) is 29.1 Å². The largest absolute Gasteiger partial charge is 0.350 e. The van der Waals surface area contributed by atoms with Crippen molar-refractivity contribution in [1.82, 2.24) is 5.32 Å². The maximum Gasteiger partial charge on any atom is 0.221 e. The molecule has 2 nitrogen and oxygen atoms in total. The molecule has 1 aliphatic rings. The summed E-state index contributed by atoms with van der Waals surface area (Å²) in [6, 6.07) is 8.23. The fourth-order valence-corrected chi connectivity index (χ4v) is 2.62. The number of rotatable bonds is 1. The summed E-state index contributed by atoms with van der Waals surface area (Å²) in [5.74, 6) is 0.135. The number of nitrogens with one attached hydrogen (secondary N) is 1. The minimum Gasteiger partial charge on any atom is -0.350 e. The molecule has 1 fully saturated rings. The number of hydrogen-bond donors (Lipinski definition) is 1. The van der Waals surface area contributed by atoms with Crippen LogP contribution in [0.2, 0.25) is 0 Å². The summed E-state index contributed by atoms with van der Waals surface area (Å²) in [4.78, 5) is 11.6. The number of benzene rings is 1. The molecule has 0 bridgehead atoms. The Morgan fingerprint density at radius 1 is 1.19 bits per heavy atom. The van der Waals surface area contributed by atoms with Crippen molar-refractivity contribution in [1.29, 1.82) is 0 Å². The van der Waals surface area contributed by atoms with Crippen LogP contribution < -0.4 is 5.32 Å². The highest BCUT2D eigenvalue weighted by atomic mass is 79.9. The molecule has 1 atom stereocenters. The van der Waals surface area contributed by atoms with Gasteiger partial charge in [-0.3, -0.25) is 4.79 Å². The van der Waals surface area contributed by atoms with Gasteiger partial charge < -0.3 is 5.32 Å². The predicted octanol–water partition coefficient (Wildman–Crippen LogP) is 3.01. The molecule has 16 heavy (non-hydrogen) atoms. The Bertz CT molecular complexity index is 424. The molecule has 1 aliphatic heterocycles. The molecule has 3 heteroatoms. The smallest absolute Gasteiger partial charge is 0.221 e. The molecule has 0 aliphatic carbocycles. The number of carbonyl (C=O) groups excluding carboxylic acids is 1. The molecule has 0 spiro atoms. The first-order chi connectivity index (χ1) is 7.35. The van der Waals surface area contributed by atoms with Crippen LogP contribution in [0.4, 0.5) is 0 Å². The monoisotopic (exact) mass is 281 g/mol. The Labute approximate surface area is 105 Å². The quantitative estimate of drug-likeness (QED) is 0.843. The van der Waals surface area contributed by atoms with E-state index in [9.17, 15) is 4.79 Å². The van der Waals surface area contributed by atoms with Gasteiger partial charge in [0.05, 0.1) is 0 Å². The third kappa shape index (κ3) is 1.67. The van der Waals surface area contributed by atoms with Gasteiger partial charge in [0.1, 0.15) is 0 Å². The summed E-state index contributed by atoms with van der Waals surface area (Å²) < 4.78 is 1.06. The van der Waals surface area contributed by atoms with Gasteiger partial charge in [0.25, 0.3) is 0 Å². The van der Waals surface area contributed by atoms with Gasteiger partial charge in [-0.25, -0.2) is 0 Å². The molecular weight excluding hydrogens is 266 g/mol. The van der Waals surface area contributed by atoms with Crippen molar-refractivity contribution in [2.45, 2.75) is 38.1 Å². The highest BCUT2D eigenvalue weighted by Gasteiger charge is 2.50. The number of halogens is 1. The van der Waals surface area contributed by atoms with Crippen LogP contribution in [0.1, 0.15) is 32.8 Å². The highest BCUT2D eigenvalue weighted by molar-refractivity contribution is 9.10. The standard InChI is InChI=1S/C13H16BrNO/c1-12(2)13(3,8-11(16)15-12)9-4-6-10(14)7-5-9/h4-7H,8H2,1-3H3,(H,15,16). The van der Waals surface area contributed by atoms with Crippen LogP contribution in [0.25, 0.3) is 0 Å². The van der Waals surface area contributed by atoms with E-state index in [1.165, 1.54) is 5.56 Å². The first kappa shape index (κ1) is 11.6. The average Bonchev–Trinajstić information content (AvgIpc) is 2.37. The van der Waals surface area contributed by atoms with E-state index in [-0.39, 0.29) is 16.9 Å². The van der Waals surface area contributed by atoms with Crippen LogP contribution in [0.3, 0.4) is 0 Å². The fourth-order valence-electron chi connectivity index (χ4n) is 2.35. The van der Waals surface area contributed by atoms with Crippen molar-refractivity contribution >= 4 is 21.8 Å². The summed E-state index contributed by atoms with van der Waals surface area (Å²) in [6.07, 6.45) is 0.557. The molecule has 1 aromatic rings. The summed E-state index contributed by atoms with van der Waals surface area (Å²) in [5.41, 5.74) is 0.877. The lowest BCUT2D eigenvalue weighted by atomic mass is 9.69. The van der Waals surface area contributed by atoms with Crippen LogP contribution in [0.15, 0.2) is 28.7 Å². The van der Waals surface area contributed by atoms with E-state index >= 15 is 0 Å². The molecule has 1 N–H and O–H groups in total. The average molecular weight is 282 g/mol. The molecule has 0 radical (unpaired) electrons. The van der Waals surface area contributed by atoms with Gasteiger partial charge in [-0.1, -0.05) is 35.0 Å². The second-order valence-corrected chi connectivity index (χ2v) is 6.10. The Hall–Kier alpha value is -0.830. The van der Waals surface area contributed by atoms with Crippen molar-refractivity contribution in [3.05, 3.63) is 34.3 Å². The molecule has 1 unspecified atom stereocenters. The summed E-state index contributed by atoms with van der Waals surface area (Å²) in [5, 5.41) is 3.05. The Balaban J connectivity index is 2.46. The van der Waals surface area contributed by atoms with Crippen molar-refractivity contribution < 1.29 is 4.79 Å². The fraction of sp³-hybridized carbons (Fsp3) is 0.462. The molecular formula is C13H16BrNO. The van der Waals surface area contributed by atoms with E-state index in [1.807, 2.05) is 12.1 Å². The Morgan fingerprint density at radius 3 is 2.19 bits per heavy atom. The van der Waals surface area contributed by atoms with E-state index in [1.54, 1.807) is 0 Å². The Morgan fingerprint density at radius 2 is 1.75 bits per heavy atom. The SMILES string of the molecule is CC1(C)NC(=O)CC1(C)c1ccc(Br)cc1. The van der Waals surface area contributed by atoms with Gasteiger partial charge in [-0.05, 0) is 31.5 Å². The summed E-state index contributed by atoms with van der Waals surface area (Å²) in [6.45, 7) is 6.31. The first-order valence-electron chi connectivity index (χ1n) is 5.42. The van der Waals surface area contributed by atoms with Crippen LogP contribution >= 0.6 is 15.9 Å². The predicted molar refractivity (Wildman–Crippen MR) is 68.3 cm³/mol. The summed E-state index contributed by atoms with van der Waals surface area (Å²) >= 11 is 3.43. The first-order valence-corrected chi connectivity index (χ1v) is 6.21. The molecule has 1 heterocycles. The van der Waals surface area contributed by atoms with Gasteiger partial charge in [-0.2, -0.15) is 0 Å². The third-order valence-electron chi connectivity index (χ3n) is 3.83. The van der Waals surface area contributed by atoms with E-state index in [4.69, 9.17) is 0 Å². The van der Waals surface area contributed by atoms with Crippen LogP contribution in [-0.2, 0) is 10.2 Å². The molecule has 0 aromatic heterocycles. The third-order valence-corrected chi connectivity index (χ3v) is 4.36. The number of hydrogen-bond acceptors (Lipinski definition) is 1. The van der Waals surface area contributed by atoms with Gasteiger partial charge in [0.15, 0.2) is 0 Å². The van der Waals surface area contributed by atoms with Crippen molar-refractivity contribution in [2.75, 3.05) is 0 Å². The van der Waals surface area contributed by atoms with E-state index in [0.29, 0.717) is 6.42 Å². The second kappa shape index (κ2) is 3.59. The van der Waals surface area contributed by atoms with Gasteiger partial charge >= 0.3 is 0 Å². The molecule has 1 saturated heterocycles. The van der Waals surface area contributed by atoms with E-state index < -0.39 is 0 Å². The lowest BCUT2D eigenvalue weighted by molar-refractivity contribution is -0.119. The molecule has 1 aromatic carbocycles. The van der Waals surface area contributed by atoms with Crippen molar-refractivity contribution in [3.8, 4) is 0 Å². The van der Waals surface area contributed by atoms with E-state index in [2.05, 4.69) is 54.2 Å². The normalized spacial score (nSPS) is 27.9. The molecule has 0 saturated carbocycles. The van der Waals surface area contributed by atoms with E-state index in [0.717, 1.165) is 4.47 Å².